The lowest BCUT2D eigenvalue weighted by Gasteiger charge is -2.16. The van der Waals surface area contributed by atoms with Crippen molar-refractivity contribution >= 4 is 22.8 Å². The van der Waals surface area contributed by atoms with Crippen molar-refractivity contribution in [2.24, 2.45) is 0 Å². The second-order valence-corrected chi connectivity index (χ2v) is 5.86. The molecule has 0 spiro atoms. The van der Waals surface area contributed by atoms with E-state index in [-0.39, 0.29) is 16.3 Å². The zero-order chi connectivity index (χ0) is 13.0. The Bertz CT molecular complexity index is 436. The molecule has 1 saturated heterocycles. The molecule has 1 fully saturated rings. The topological polar surface area (TPSA) is 50.3 Å². The number of hydrogen-bond acceptors (Lipinski definition) is 4. The van der Waals surface area contributed by atoms with Crippen molar-refractivity contribution in [1.82, 2.24) is 9.88 Å². The lowest BCUT2D eigenvalue weighted by atomic mass is 10.2. The Kier molecular flexibility index (Phi) is 4.36. The molecule has 1 aliphatic heterocycles. The largest absolute Gasteiger partial charge is 0.341 e. The summed E-state index contributed by atoms with van der Waals surface area (Å²) in [5.74, 6) is 0.155. The minimum absolute atomic E-state index is 0.0868. The van der Waals surface area contributed by atoms with E-state index in [2.05, 4.69) is 4.98 Å². The number of aromatic nitrogens is 1. The number of likely N-dealkylation sites (tertiary alicyclic amines) is 1. The van der Waals surface area contributed by atoms with Gasteiger partial charge < -0.3 is 4.90 Å². The lowest BCUT2D eigenvalue weighted by Crippen LogP contribution is -2.27. The molecule has 0 bridgehead atoms. The Hall–Kier alpha value is -1.36. The van der Waals surface area contributed by atoms with Gasteiger partial charge in [0.2, 0.25) is 5.91 Å². The van der Waals surface area contributed by atoms with E-state index in [1.165, 1.54) is 17.3 Å². The molecule has 1 amide bonds. The fraction of sp³-hybridized carbons (Fsp3) is 0.462. The average Bonchev–Trinajstić information content (AvgIpc) is 2.67. The predicted octanol–water partition coefficient (Wildman–Crippen LogP) is 1.50. The molecule has 18 heavy (non-hydrogen) atoms. The van der Waals surface area contributed by atoms with Crippen LogP contribution >= 0.6 is 11.8 Å². The van der Waals surface area contributed by atoms with E-state index in [0.717, 1.165) is 13.0 Å². The first-order valence-corrected chi connectivity index (χ1v) is 6.87. The van der Waals surface area contributed by atoms with Crippen molar-refractivity contribution in [3.8, 4) is 0 Å². The fourth-order valence-corrected chi connectivity index (χ4v) is 3.03. The quantitative estimate of drug-likeness (QED) is 0.827. The Balaban J connectivity index is 1.83. The van der Waals surface area contributed by atoms with Gasteiger partial charge in [0.1, 0.15) is 0 Å². The van der Waals surface area contributed by atoms with E-state index < -0.39 is 0 Å². The zero-order valence-electron chi connectivity index (χ0n) is 10.3. The van der Waals surface area contributed by atoms with E-state index >= 15 is 0 Å². The number of rotatable bonds is 4. The van der Waals surface area contributed by atoms with Crippen LogP contribution in [0.2, 0.25) is 0 Å². The Morgan fingerprint density at radius 2 is 2.22 bits per heavy atom. The zero-order valence-corrected chi connectivity index (χ0v) is 11.2. The third-order valence-corrected chi connectivity index (χ3v) is 3.91. The fourth-order valence-electron chi connectivity index (χ4n) is 2.08. The summed E-state index contributed by atoms with van der Waals surface area (Å²) in [7, 11) is 0. The maximum absolute atomic E-state index is 11.8. The smallest absolute Gasteiger partial charge is 0.223 e. The van der Waals surface area contributed by atoms with Crippen molar-refractivity contribution in [3.05, 3.63) is 30.1 Å². The van der Waals surface area contributed by atoms with E-state index in [0.29, 0.717) is 13.0 Å². The van der Waals surface area contributed by atoms with Gasteiger partial charge in [0, 0.05) is 44.1 Å². The summed E-state index contributed by atoms with van der Waals surface area (Å²) in [6.45, 7) is 2.96. The van der Waals surface area contributed by atoms with Gasteiger partial charge in [-0.2, -0.15) is 0 Å². The van der Waals surface area contributed by atoms with Crippen molar-refractivity contribution in [2.45, 2.75) is 25.0 Å². The lowest BCUT2D eigenvalue weighted by molar-refractivity contribution is -0.127. The number of thioether (sulfide) groups is 1. The molecule has 1 aromatic rings. The normalized spacial score (nSPS) is 19.3. The molecule has 0 aliphatic carbocycles. The molecule has 2 heterocycles. The molecule has 0 N–H and O–H groups in total. The van der Waals surface area contributed by atoms with Crippen LogP contribution in [-0.2, 0) is 16.0 Å². The summed E-state index contributed by atoms with van der Waals surface area (Å²) < 4.78 is 0. The van der Waals surface area contributed by atoms with E-state index in [1.807, 2.05) is 17.0 Å². The third-order valence-electron chi connectivity index (χ3n) is 2.93. The molecule has 0 radical (unpaired) electrons. The SMILES string of the molecule is CC(=O)SC1CC(=O)N(CCc2ccncc2)C1. The minimum Gasteiger partial charge on any atom is -0.341 e. The summed E-state index contributed by atoms with van der Waals surface area (Å²) in [6.07, 6.45) is 4.84. The number of carbonyl (C=O) groups excluding carboxylic acids is 2. The van der Waals surface area contributed by atoms with Gasteiger partial charge in [-0.15, -0.1) is 0 Å². The highest BCUT2D eigenvalue weighted by atomic mass is 32.2. The van der Waals surface area contributed by atoms with Crippen LogP contribution in [0.25, 0.3) is 0 Å². The van der Waals surface area contributed by atoms with E-state index in [1.54, 1.807) is 19.3 Å². The van der Waals surface area contributed by atoms with Crippen molar-refractivity contribution in [3.63, 3.8) is 0 Å². The maximum atomic E-state index is 11.8. The van der Waals surface area contributed by atoms with Gasteiger partial charge in [-0.3, -0.25) is 14.6 Å². The number of hydrogen-bond donors (Lipinski definition) is 0. The molecular formula is C13H16N2O2S. The Morgan fingerprint density at radius 3 is 2.89 bits per heavy atom. The van der Waals surface area contributed by atoms with Crippen molar-refractivity contribution in [1.29, 1.82) is 0 Å². The van der Waals surface area contributed by atoms with Gasteiger partial charge in [0.05, 0.1) is 0 Å². The second kappa shape index (κ2) is 6.00. The van der Waals surface area contributed by atoms with E-state index in [9.17, 15) is 9.59 Å². The Labute approximate surface area is 111 Å². The standard InChI is InChI=1S/C13H16N2O2S/c1-10(16)18-12-8-13(17)15(9-12)7-4-11-2-5-14-6-3-11/h2-3,5-6,12H,4,7-9H2,1H3. The van der Waals surface area contributed by atoms with Crippen LogP contribution in [0, 0.1) is 0 Å². The molecule has 5 heteroatoms. The van der Waals surface area contributed by atoms with Gasteiger partial charge >= 0.3 is 0 Å². The van der Waals surface area contributed by atoms with Crippen LogP contribution in [0.1, 0.15) is 18.9 Å². The van der Waals surface area contributed by atoms with Gasteiger partial charge in [-0.1, -0.05) is 11.8 Å². The summed E-state index contributed by atoms with van der Waals surface area (Å²) in [4.78, 5) is 28.6. The van der Waals surface area contributed by atoms with Crippen LogP contribution in [-0.4, -0.2) is 39.2 Å². The Morgan fingerprint density at radius 1 is 1.50 bits per heavy atom. The summed E-state index contributed by atoms with van der Waals surface area (Å²) >= 11 is 1.28. The van der Waals surface area contributed by atoms with Gasteiger partial charge in [0.15, 0.2) is 5.12 Å². The second-order valence-electron chi connectivity index (χ2n) is 4.38. The third kappa shape index (κ3) is 3.57. The van der Waals surface area contributed by atoms with Crippen LogP contribution < -0.4 is 0 Å². The number of amides is 1. The van der Waals surface area contributed by atoms with E-state index in [4.69, 9.17) is 0 Å². The van der Waals surface area contributed by atoms with Crippen LogP contribution in [0.15, 0.2) is 24.5 Å². The molecule has 1 aromatic heterocycles. The van der Waals surface area contributed by atoms with Crippen molar-refractivity contribution in [2.75, 3.05) is 13.1 Å². The number of carbonyl (C=O) groups is 2. The first-order valence-electron chi connectivity index (χ1n) is 5.99. The number of nitrogens with zero attached hydrogens (tertiary/aromatic N) is 2. The molecule has 0 saturated carbocycles. The van der Waals surface area contributed by atoms with Crippen LogP contribution in [0.3, 0.4) is 0 Å². The molecule has 1 atom stereocenters. The molecule has 96 valence electrons. The summed E-state index contributed by atoms with van der Waals surface area (Å²) in [5, 5.41) is 0.219. The highest BCUT2D eigenvalue weighted by Gasteiger charge is 2.30. The van der Waals surface area contributed by atoms with Crippen LogP contribution in [0.5, 0.6) is 0 Å². The minimum atomic E-state index is 0.0868. The molecule has 1 aliphatic rings. The molecule has 2 rings (SSSR count). The highest BCUT2D eigenvalue weighted by Crippen LogP contribution is 2.24. The molecule has 4 nitrogen and oxygen atoms in total. The molecule has 1 unspecified atom stereocenters. The molecular weight excluding hydrogens is 248 g/mol. The maximum Gasteiger partial charge on any atom is 0.223 e. The predicted molar refractivity (Wildman–Crippen MR) is 71.2 cm³/mol. The monoisotopic (exact) mass is 264 g/mol. The summed E-state index contributed by atoms with van der Waals surface area (Å²) in [5.41, 5.74) is 1.18. The summed E-state index contributed by atoms with van der Waals surface area (Å²) in [6, 6.07) is 3.92. The average molecular weight is 264 g/mol. The van der Waals surface area contributed by atoms with Gasteiger partial charge in [0.25, 0.3) is 0 Å². The van der Waals surface area contributed by atoms with Gasteiger partial charge in [-0.05, 0) is 24.1 Å². The first-order chi connectivity index (χ1) is 8.65. The number of pyridine rings is 1. The highest BCUT2D eigenvalue weighted by molar-refractivity contribution is 8.14. The molecule has 0 aromatic carbocycles. The van der Waals surface area contributed by atoms with Gasteiger partial charge in [-0.25, -0.2) is 0 Å². The first kappa shape index (κ1) is 13.1. The van der Waals surface area contributed by atoms with Crippen LogP contribution in [0.4, 0.5) is 0 Å². The van der Waals surface area contributed by atoms with Crippen molar-refractivity contribution < 1.29 is 9.59 Å².